The lowest BCUT2D eigenvalue weighted by Crippen LogP contribution is -2.38. The minimum atomic E-state index is 0.0379. The molecule has 0 aliphatic carbocycles. The summed E-state index contributed by atoms with van der Waals surface area (Å²) < 4.78 is 0.706. The molecule has 1 aliphatic heterocycles. The third kappa shape index (κ3) is 3.34. The number of amides is 1. The van der Waals surface area contributed by atoms with Crippen LogP contribution in [0.15, 0.2) is 22.8 Å². The van der Waals surface area contributed by atoms with Gasteiger partial charge in [-0.1, -0.05) is 19.9 Å². The van der Waals surface area contributed by atoms with E-state index in [2.05, 4.69) is 39.7 Å². The van der Waals surface area contributed by atoms with Gasteiger partial charge in [0, 0.05) is 19.1 Å². The zero-order valence-electron chi connectivity index (χ0n) is 11.5. The van der Waals surface area contributed by atoms with E-state index in [0.29, 0.717) is 16.3 Å². The Hall–Kier alpha value is -0.940. The Morgan fingerprint density at radius 1 is 1.47 bits per heavy atom. The van der Waals surface area contributed by atoms with E-state index in [-0.39, 0.29) is 5.91 Å². The van der Waals surface area contributed by atoms with Gasteiger partial charge in [-0.25, -0.2) is 4.98 Å². The van der Waals surface area contributed by atoms with Crippen LogP contribution in [0.25, 0.3) is 0 Å². The van der Waals surface area contributed by atoms with Crippen molar-refractivity contribution < 1.29 is 4.79 Å². The Morgan fingerprint density at radius 3 is 2.84 bits per heavy atom. The fraction of sp³-hybridized carbons (Fsp3) is 0.571. The second kappa shape index (κ2) is 6.48. The largest absolute Gasteiger partial charge is 0.336 e. The number of aromatic nitrogens is 1. The fourth-order valence-corrected chi connectivity index (χ4v) is 3.00. The fourth-order valence-electron chi connectivity index (χ4n) is 2.65. The minimum absolute atomic E-state index is 0.0379. The first-order valence-electron chi connectivity index (χ1n) is 6.81. The van der Waals surface area contributed by atoms with E-state index in [4.69, 9.17) is 0 Å². The van der Waals surface area contributed by atoms with E-state index in [9.17, 15) is 4.79 Å². The smallest absolute Gasteiger partial charge is 0.272 e. The monoisotopic (exact) mass is 325 g/mol. The maximum atomic E-state index is 12.4. The van der Waals surface area contributed by atoms with Gasteiger partial charge in [-0.2, -0.15) is 0 Å². The summed E-state index contributed by atoms with van der Waals surface area (Å²) >= 11 is 3.31. The number of pyridine rings is 1. The highest BCUT2D eigenvalue weighted by atomic mass is 79.9. The number of halogens is 1. The zero-order valence-corrected chi connectivity index (χ0v) is 13.1. The SMILES string of the molecule is CCN(CC)C1CCN(C(=O)c2cccc(Br)n2)C1. The maximum Gasteiger partial charge on any atom is 0.272 e. The van der Waals surface area contributed by atoms with Crippen molar-refractivity contribution in [1.29, 1.82) is 0 Å². The lowest BCUT2D eigenvalue weighted by atomic mass is 10.2. The Bertz CT molecular complexity index is 448. The molecule has 1 fully saturated rings. The van der Waals surface area contributed by atoms with Crippen LogP contribution in [-0.2, 0) is 0 Å². The quantitative estimate of drug-likeness (QED) is 0.797. The first-order chi connectivity index (χ1) is 9.15. The minimum Gasteiger partial charge on any atom is -0.336 e. The van der Waals surface area contributed by atoms with Crippen LogP contribution >= 0.6 is 15.9 Å². The van der Waals surface area contributed by atoms with Gasteiger partial charge in [0.05, 0.1) is 0 Å². The van der Waals surface area contributed by atoms with Crippen molar-refractivity contribution in [1.82, 2.24) is 14.8 Å². The molecule has 1 aliphatic rings. The van der Waals surface area contributed by atoms with Gasteiger partial charge in [-0.15, -0.1) is 0 Å². The van der Waals surface area contributed by atoms with Gasteiger partial charge >= 0.3 is 0 Å². The molecule has 0 bridgehead atoms. The molecule has 1 aromatic rings. The van der Waals surface area contributed by atoms with Crippen molar-refractivity contribution >= 4 is 21.8 Å². The molecule has 0 spiro atoms. The third-order valence-corrected chi connectivity index (χ3v) is 4.16. The molecule has 104 valence electrons. The van der Waals surface area contributed by atoms with Gasteiger partial charge in [0.15, 0.2) is 0 Å². The molecular weight excluding hydrogens is 306 g/mol. The van der Waals surface area contributed by atoms with Crippen molar-refractivity contribution in [3.63, 3.8) is 0 Å². The number of nitrogens with zero attached hydrogens (tertiary/aromatic N) is 3. The summed E-state index contributed by atoms with van der Waals surface area (Å²) in [7, 11) is 0. The lowest BCUT2D eigenvalue weighted by Gasteiger charge is -2.26. The summed E-state index contributed by atoms with van der Waals surface area (Å²) in [6, 6.07) is 5.95. The van der Waals surface area contributed by atoms with Crippen molar-refractivity contribution in [3.05, 3.63) is 28.5 Å². The van der Waals surface area contributed by atoms with Gasteiger partial charge in [-0.3, -0.25) is 9.69 Å². The molecule has 5 heteroatoms. The molecular formula is C14H20BrN3O. The van der Waals surface area contributed by atoms with E-state index in [0.717, 1.165) is 32.6 Å². The summed E-state index contributed by atoms with van der Waals surface area (Å²) in [4.78, 5) is 20.9. The van der Waals surface area contributed by atoms with Gasteiger partial charge in [0.2, 0.25) is 0 Å². The molecule has 1 unspecified atom stereocenters. The number of hydrogen-bond acceptors (Lipinski definition) is 3. The van der Waals surface area contributed by atoms with Crippen molar-refractivity contribution in [2.45, 2.75) is 26.3 Å². The molecule has 2 heterocycles. The van der Waals surface area contributed by atoms with Crippen LogP contribution < -0.4 is 0 Å². The summed E-state index contributed by atoms with van der Waals surface area (Å²) in [5, 5.41) is 0. The highest BCUT2D eigenvalue weighted by Crippen LogP contribution is 2.18. The number of hydrogen-bond donors (Lipinski definition) is 0. The second-order valence-corrected chi connectivity index (χ2v) is 5.57. The van der Waals surface area contributed by atoms with Crippen LogP contribution in [0.2, 0.25) is 0 Å². The first-order valence-corrected chi connectivity index (χ1v) is 7.60. The third-order valence-electron chi connectivity index (χ3n) is 3.71. The zero-order chi connectivity index (χ0) is 13.8. The highest BCUT2D eigenvalue weighted by Gasteiger charge is 2.30. The normalized spacial score (nSPS) is 19.2. The number of carbonyl (C=O) groups is 1. The predicted octanol–water partition coefficient (Wildman–Crippen LogP) is 2.40. The summed E-state index contributed by atoms with van der Waals surface area (Å²) in [5.74, 6) is 0.0379. The van der Waals surface area contributed by atoms with Crippen LogP contribution in [0, 0.1) is 0 Å². The van der Waals surface area contributed by atoms with E-state index < -0.39 is 0 Å². The van der Waals surface area contributed by atoms with Gasteiger partial charge in [0.25, 0.3) is 5.91 Å². The maximum absolute atomic E-state index is 12.4. The van der Waals surface area contributed by atoms with Crippen molar-refractivity contribution in [2.75, 3.05) is 26.2 Å². The second-order valence-electron chi connectivity index (χ2n) is 4.76. The standard InChI is InChI=1S/C14H20BrN3O/c1-3-17(4-2)11-8-9-18(10-11)14(19)12-6-5-7-13(15)16-12/h5-7,11H,3-4,8-10H2,1-2H3. The van der Waals surface area contributed by atoms with Crippen LogP contribution in [0.5, 0.6) is 0 Å². The number of carbonyl (C=O) groups excluding carboxylic acids is 1. The van der Waals surface area contributed by atoms with Gasteiger partial charge in [0.1, 0.15) is 10.3 Å². The van der Waals surface area contributed by atoms with Crippen molar-refractivity contribution in [3.8, 4) is 0 Å². The van der Waals surface area contributed by atoms with Crippen LogP contribution in [0.1, 0.15) is 30.8 Å². The first kappa shape index (κ1) is 14.5. The average molecular weight is 326 g/mol. The number of likely N-dealkylation sites (tertiary alicyclic amines) is 1. The van der Waals surface area contributed by atoms with E-state index in [1.165, 1.54) is 0 Å². The van der Waals surface area contributed by atoms with Crippen LogP contribution in [-0.4, -0.2) is 52.9 Å². The molecule has 0 N–H and O–H groups in total. The van der Waals surface area contributed by atoms with Crippen molar-refractivity contribution in [2.24, 2.45) is 0 Å². The number of likely N-dealkylation sites (N-methyl/N-ethyl adjacent to an activating group) is 1. The Morgan fingerprint density at radius 2 is 2.21 bits per heavy atom. The topological polar surface area (TPSA) is 36.4 Å². The van der Waals surface area contributed by atoms with E-state index in [1.54, 1.807) is 6.07 Å². The summed E-state index contributed by atoms with van der Waals surface area (Å²) in [6.45, 7) is 8.06. The lowest BCUT2D eigenvalue weighted by molar-refractivity contribution is 0.0772. The van der Waals surface area contributed by atoms with Gasteiger partial charge in [-0.05, 0) is 47.6 Å². The Labute approximate surface area is 122 Å². The molecule has 1 atom stereocenters. The molecule has 4 nitrogen and oxygen atoms in total. The highest BCUT2D eigenvalue weighted by molar-refractivity contribution is 9.10. The molecule has 0 aromatic carbocycles. The van der Waals surface area contributed by atoms with Crippen LogP contribution in [0.4, 0.5) is 0 Å². The molecule has 1 saturated heterocycles. The van der Waals surface area contributed by atoms with E-state index >= 15 is 0 Å². The summed E-state index contributed by atoms with van der Waals surface area (Å²) in [6.07, 6.45) is 1.06. The van der Waals surface area contributed by atoms with Crippen LogP contribution in [0.3, 0.4) is 0 Å². The Kier molecular flexibility index (Phi) is 4.93. The molecule has 19 heavy (non-hydrogen) atoms. The molecule has 0 radical (unpaired) electrons. The Balaban J connectivity index is 2.02. The predicted molar refractivity (Wildman–Crippen MR) is 79.2 cm³/mol. The van der Waals surface area contributed by atoms with E-state index in [1.807, 2.05) is 17.0 Å². The molecule has 2 rings (SSSR count). The van der Waals surface area contributed by atoms with Gasteiger partial charge < -0.3 is 4.90 Å². The summed E-state index contributed by atoms with van der Waals surface area (Å²) in [5.41, 5.74) is 0.523. The number of rotatable bonds is 4. The average Bonchev–Trinajstić information content (AvgIpc) is 2.89. The molecule has 1 amide bonds. The molecule has 1 aromatic heterocycles. The molecule has 0 saturated carbocycles.